The Hall–Kier alpha value is -5.84. The molecule has 11 rings (SSSR count). The average molecular weight is 728 g/mol. The van der Waals surface area contributed by atoms with Gasteiger partial charge in [0.05, 0.1) is 46.6 Å². The van der Waals surface area contributed by atoms with E-state index in [-0.39, 0.29) is 47.5 Å². The van der Waals surface area contributed by atoms with Crippen molar-refractivity contribution in [3.8, 4) is 11.3 Å². The lowest BCUT2D eigenvalue weighted by Crippen LogP contribution is -2.57. The molecule has 1 aromatic heterocycles. The maximum Gasteiger partial charge on any atom is 0.311 e. The number of hydrogen-bond donors (Lipinski definition) is 3. The summed E-state index contributed by atoms with van der Waals surface area (Å²) in [6.45, 7) is 7.68. The van der Waals surface area contributed by atoms with Crippen LogP contribution in [0.3, 0.4) is 0 Å². The standard InChI is InChI=1S/C28H25FN4O2.C15H17NO3/c1-15-8-9-19-20(12-15)21-13-28(2,24(19)33(3)25(21)34)26(35)32-27-30-14-23(31-27)18-10-11-22(29)17-7-5-4-6-16(17)18;1-8-4-5-9-10(6-8)11-7-15(2,14(18)19)12(9)16(3)13(11)17/h4-12,14,21,24H,13H2,1-3H3,(H2,30,31,32,35);4-6,11-12H,7H2,1-3H3,(H,18,19). The van der Waals surface area contributed by atoms with Gasteiger partial charge in [0.1, 0.15) is 5.82 Å². The monoisotopic (exact) mass is 727 g/mol. The SMILES string of the molecule is Cc1ccc2c(c1)C1CC(C)(C(=O)Nc3ncc(-c4ccc(F)c5ccccc45)[nH]3)C2N(C)C1=O.Cc1ccc2c(c1)C1CC(C)(C(=O)O)C2N(C)C1=O. The number of carboxylic acids is 1. The number of aromatic amines is 1. The number of halogens is 1. The second kappa shape index (κ2) is 12.4. The molecule has 4 bridgehead atoms. The number of fused-ring (bicyclic) bond motifs is 5. The van der Waals surface area contributed by atoms with E-state index in [1.54, 1.807) is 55.2 Å². The Morgan fingerprint density at radius 3 is 1.91 bits per heavy atom. The summed E-state index contributed by atoms with van der Waals surface area (Å²) in [6.07, 6.45) is 2.48. The Kier molecular flexibility index (Phi) is 8.06. The number of aliphatic carboxylic acids is 1. The highest BCUT2D eigenvalue weighted by atomic mass is 19.1. The van der Waals surface area contributed by atoms with Crippen molar-refractivity contribution in [1.82, 2.24) is 19.8 Å². The largest absolute Gasteiger partial charge is 0.481 e. The van der Waals surface area contributed by atoms with E-state index in [9.17, 15) is 28.7 Å². The van der Waals surface area contributed by atoms with Gasteiger partial charge in [-0.2, -0.15) is 0 Å². The summed E-state index contributed by atoms with van der Waals surface area (Å²) in [7, 11) is 3.49. The minimum atomic E-state index is -0.893. The van der Waals surface area contributed by atoms with E-state index in [1.807, 2.05) is 63.2 Å². The first kappa shape index (κ1) is 35.2. The highest BCUT2D eigenvalue weighted by Gasteiger charge is 2.59. The predicted molar refractivity (Wildman–Crippen MR) is 202 cm³/mol. The normalized spacial score (nSPS) is 26.3. The van der Waals surface area contributed by atoms with Gasteiger partial charge in [-0.05, 0) is 80.3 Å². The van der Waals surface area contributed by atoms with Gasteiger partial charge in [-0.25, -0.2) is 9.37 Å². The van der Waals surface area contributed by atoms with Crippen LogP contribution in [0, 0.1) is 30.5 Å². The van der Waals surface area contributed by atoms with Crippen molar-refractivity contribution in [2.75, 3.05) is 19.4 Å². The van der Waals surface area contributed by atoms with Crippen molar-refractivity contribution in [1.29, 1.82) is 0 Å². The van der Waals surface area contributed by atoms with Crippen LogP contribution in [-0.2, 0) is 19.2 Å². The van der Waals surface area contributed by atoms with Gasteiger partial charge in [0, 0.05) is 25.0 Å². The molecular weight excluding hydrogens is 686 g/mol. The van der Waals surface area contributed by atoms with Crippen LogP contribution in [-0.4, -0.2) is 62.7 Å². The molecule has 4 aliphatic heterocycles. The number of aromatic nitrogens is 2. The smallest absolute Gasteiger partial charge is 0.311 e. The number of piperidine rings is 2. The summed E-state index contributed by atoms with van der Waals surface area (Å²) in [5.41, 5.74) is 6.07. The van der Waals surface area contributed by atoms with Crippen LogP contribution >= 0.6 is 0 Å². The Labute approximate surface area is 312 Å². The number of likely N-dealkylation sites (N-methyl/N-ethyl adjacent to an activating group) is 2. The highest BCUT2D eigenvalue weighted by molar-refractivity contribution is 6.00. The minimum Gasteiger partial charge on any atom is -0.481 e. The van der Waals surface area contributed by atoms with Crippen LogP contribution in [0.2, 0.25) is 0 Å². The van der Waals surface area contributed by atoms with Crippen molar-refractivity contribution in [3.05, 3.63) is 118 Å². The molecule has 0 saturated carbocycles. The molecule has 6 unspecified atom stereocenters. The fraction of sp³-hybridized carbons (Fsp3) is 0.326. The van der Waals surface area contributed by atoms with Gasteiger partial charge >= 0.3 is 5.97 Å². The van der Waals surface area contributed by atoms with Gasteiger partial charge in [0.15, 0.2) is 0 Å². The molecule has 2 aliphatic carbocycles. The molecule has 10 nitrogen and oxygen atoms in total. The number of amides is 3. The van der Waals surface area contributed by atoms with E-state index in [2.05, 4.69) is 21.4 Å². The van der Waals surface area contributed by atoms with Crippen LogP contribution < -0.4 is 5.32 Å². The summed E-state index contributed by atoms with van der Waals surface area (Å²) in [4.78, 5) is 61.5. The van der Waals surface area contributed by atoms with Gasteiger partial charge in [-0.3, -0.25) is 24.5 Å². The number of carbonyl (C=O) groups excluding carboxylic acids is 3. The van der Waals surface area contributed by atoms with E-state index >= 15 is 0 Å². The molecule has 0 radical (unpaired) electrons. The van der Waals surface area contributed by atoms with Crippen LogP contribution in [0.25, 0.3) is 22.0 Å². The number of anilines is 1. The average Bonchev–Trinajstić information content (AvgIpc) is 3.60. The van der Waals surface area contributed by atoms with Crippen LogP contribution in [0.4, 0.5) is 10.3 Å². The fourth-order valence-corrected chi connectivity index (χ4v) is 9.62. The molecule has 0 spiro atoms. The lowest BCUT2D eigenvalue weighted by molar-refractivity contribution is -0.164. The van der Waals surface area contributed by atoms with E-state index in [0.29, 0.717) is 29.9 Å². The molecule has 2 fully saturated rings. The maximum absolute atomic E-state index is 14.3. The molecule has 4 aromatic carbocycles. The number of aryl methyl sites for hydroxylation is 2. The molecule has 3 N–H and O–H groups in total. The molecule has 54 heavy (non-hydrogen) atoms. The van der Waals surface area contributed by atoms with Crippen molar-refractivity contribution >= 4 is 40.4 Å². The summed E-state index contributed by atoms with van der Waals surface area (Å²) in [5.74, 6) is -1.54. The zero-order chi connectivity index (χ0) is 38.4. The van der Waals surface area contributed by atoms with Crippen LogP contribution in [0.15, 0.2) is 79.0 Å². The molecule has 6 aliphatic rings. The highest BCUT2D eigenvalue weighted by Crippen LogP contribution is 2.58. The summed E-state index contributed by atoms with van der Waals surface area (Å²) < 4.78 is 14.3. The molecule has 11 heteroatoms. The molecule has 5 aromatic rings. The fourth-order valence-electron chi connectivity index (χ4n) is 9.62. The first-order valence-corrected chi connectivity index (χ1v) is 18.2. The number of H-pyrrole nitrogens is 1. The number of nitrogens with zero attached hydrogens (tertiary/aromatic N) is 3. The van der Waals surface area contributed by atoms with Crippen molar-refractivity contribution in [2.45, 2.75) is 64.5 Å². The van der Waals surface area contributed by atoms with Gasteiger partial charge in [-0.15, -0.1) is 0 Å². The number of rotatable bonds is 4. The lowest BCUT2D eigenvalue weighted by atomic mass is 9.60. The second-order valence-electron chi connectivity index (χ2n) is 15.9. The third kappa shape index (κ3) is 5.15. The van der Waals surface area contributed by atoms with Gasteiger partial charge < -0.3 is 19.9 Å². The Morgan fingerprint density at radius 2 is 1.33 bits per heavy atom. The van der Waals surface area contributed by atoms with Gasteiger partial charge in [0.2, 0.25) is 23.7 Å². The lowest BCUT2D eigenvalue weighted by Gasteiger charge is -2.53. The van der Waals surface area contributed by atoms with E-state index in [1.165, 1.54) is 6.07 Å². The molecule has 5 heterocycles. The zero-order valence-corrected chi connectivity index (χ0v) is 31.0. The first-order valence-electron chi connectivity index (χ1n) is 18.2. The Morgan fingerprint density at radius 1 is 0.796 bits per heavy atom. The second-order valence-corrected chi connectivity index (χ2v) is 15.9. The number of carboxylic acid groups (broad SMARTS) is 1. The minimum absolute atomic E-state index is 0.0434. The molecule has 6 atom stereocenters. The third-order valence-electron chi connectivity index (χ3n) is 12.3. The quantitative estimate of drug-likeness (QED) is 0.177. The number of hydrogen-bond acceptors (Lipinski definition) is 5. The van der Waals surface area contributed by atoms with Crippen molar-refractivity contribution < 1.29 is 28.7 Å². The summed E-state index contributed by atoms with van der Waals surface area (Å²) in [6, 6.07) is 21.8. The van der Waals surface area contributed by atoms with E-state index in [4.69, 9.17) is 0 Å². The summed E-state index contributed by atoms with van der Waals surface area (Å²) >= 11 is 0. The predicted octanol–water partition coefficient (Wildman–Crippen LogP) is 7.41. The third-order valence-corrected chi connectivity index (χ3v) is 12.3. The molecule has 2 saturated heterocycles. The first-order chi connectivity index (χ1) is 25.6. The Balaban J connectivity index is 0.000000183. The van der Waals surface area contributed by atoms with Crippen LogP contribution in [0.5, 0.6) is 0 Å². The summed E-state index contributed by atoms with van der Waals surface area (Å²) in [5, 5.41) is 13.8. The van der Waals surface area contributed by atoms with Gasteiger partial charge in [-0.1, -0.05) is 71.8 Å². The van der Waals surface area contributed by atoms with Crippen LogP contribution in [0.1, 0.15) is 84.0 Å². The van der Waals surface area contributed by atoms with Crippen molar-refractivity contribution in [2.24, 2.45) is 10.8 Å². The van der Waals surface area contributed by atoms with E-state index < -0.39 is 16.8 Å². The number of benzene rings is 4. The number of imidazole rings is 1. The van der Waals surface area contributed by atoms with E-state index in [0.717, 1.165) is 44.3 Å². The topological polar surface area (TPSA) is 136 Å². The number of carbonyl (C=O) groups is 4. The number of nitrogens with one attached hydrogen (secondary N) is 2. The molecular formula is C43H42FN5O5. The van der Waals surface area contributed by atoms with Crippen molar-refractivity contribution in [3.63, 3.8) is 0 Å². The maximum atomic E-state index is 14.3. The molecule has 3 amide bonds. The zero-order valence-electron chi connectivity index (χ0n) is 31.0. The molecule has 276 valence electrons. The Bertz CT molecular complexity index is 2420. The van der Waals surface area contributed by atoms with Gasteiger partial charge in [0.25, 0.3) is 0 Å².